The number of hydrogen-bond acceptors (Lipinski definition) is 3. The summed E-state index contributed by atoms with van der Waals surface area (Å²) in [7, 11) is 0. The Kier molecular flexibility index (Phi) is 3.43. The van der Waals surface area contributed by atoms with Crippen LogP contribution in [0.2, 0.25) is 0 Å². The van der Waals surface area contributed by atoms with Crippen LogP contribution in [0.15, 0.2) is 18.2 Å². The van der Waals surface area contributed by atoms with E-state index < -0.39 is 0 Å². The van der Waals surface area contributed by atoms with E-state index >= 15 is 0 Å². The summed E-state index contributed by atoms with van der Waals surface area (Å²) in [5.74, 6) is 0. The fourth-order valence-corrected chi connectivity index (χ4v) is 3.76. The van der Waals surface area contributed by atoms with Gasteiger partial charge in [-0.05, 0) is 44.7 Å². The van der Waals surface area contributed by atoms with E-state index in [1.165, 1.54) is 19.3 Å². The van der Waals surface area contributed by atoms with E-state index in [4.69, 9.17) is 4.74 Å². The lowest BCUT2D eigenvalue weighted by atomic mass is 9.51. The molecule has 20 heavy (non-hydrogen) atoms. The van der Waals surface area contributed by atoms with Crippen molar-refractivity contribution in [1.82, 2.24) is 0 Å². The molecule has 0 aromatic heterocycles. The highest BCUT2D eigenvalue weighted by Crippen LogP contribution is 2.58. The van der Waals surface area contributed by atoms with E-state index in [-0.39, 0.29) is 0 Å². The molecule has 0 aliphatic heterocycles. The molecule has 2 atom stereocenters. The zero-order chi connectivity index (χ0) is 14.2. The molecule has 2 aliphatic carbocycles. The van der Waals surface area contributed by atoms with Crippen LogP contribution in [-0.2, 0) is 4.74 Å². The third kappa shape index (κ3) is 1.91. The first-order valence-electron chi connectivity index (χ1n) is 7.59. The summed E-state index contributed by atoms with van der Waals surface area (Å²) in [4.78, 5) is 0. The number of nitrogens with zero attached hydrogens (tertiary/aromatic N) is 1. The molecule has 0 amide bonds. The van der Waals surface area contributed by atoms with Crippen LogP contribution in [0, 0.1) is 23.7 Å². The zero-order valence-electron chi connectivity index (χ0n) is 12.3. The summed E-state index contributed by atoms with van der Waals surface area (Å²) in [6.45, 7) is 4.86. The lowest BCUT2D eigenvalue weighted by Crippen LogP contribution is -2.64. The number of nitriles is 1. The van der Waals surface area contributed by atoms with Crippen LogP contribution in [0.25, 0.3) is 0 Å². The van der Waals surface area contributed by atoms with Crippen molar-refractivity contribution in [3.63, 3.8) is 0 Å². The van der Waals surface area contributed by atoms with Gasteiger partial charge in [-0.1, -0.05) is 18.6 Å². The molecule has 2 aliphatic rings. The molecular formula is C17H22N2O. The standard InChI is InChI=1S/C17H22N2O/c1-3-20-16-10-15(17(16)8-5-9-17)19-14-7-4-6-12(2)13(14)11-18/h4,6-7,15-16,19H,3,5,8-10H2,1-2H3. The molecule has 2 fully saturated rings. The molecule has 2 unspecified atom stereocenters. The molecule has 3 rings (SSSR count). The number of anilines is 1. The molecule has 1 spiro atoms. The number of rotatable bonds is 4. The van der Waals surface area contributed by atoms with Gasteiger partial charge in [-0.3, -0.25) is 0 Å². The quantitative estimate of drug-likeness (QED) is 0.908. The van der Waals surface area contributed by atoms with Crippen molar-refractivity contribution in [3.8, 4) is 6.07 Å². The van der Waals surface area contributed by atoms with Crippen molar-refractivity contribution in [1.29, 1.82) is 5.26 Å². The van der Waals surface area contributed by atoms with Crippen molar-refractivity contribution in [3.05, 3.63) is 29.3 Å². The molecule has 0 saturated heterocycles. The van der Waals surface area contributed by atoms with Gasteiger partial charge < -0.3 is 10.1 Å². The molecular weight excluding hydrogens is 248 g/mol. The summed E-state index contributed by atoms with van der Waals surface area (Å²) in [6, 6.07) is 8.81. The van der Waals surface area contributed by atoms with E-state index in [0.717, 1.165) is 29.8 Å². The molecule has 3 heteroatoms. The Morgan fingerprint density at radius 1 is 1.45 bits per heavy atom. The third-order valence-electron chi connectivity index (χ3n) is 5.15. The van der Waals surface area contributed by atoms with Crippen LogP contribution in [0.4, 0.5) is 5.69 Å². The highest BCUT2D eigenvalue weighted by molar-refractivity contribution is 5.61. The lowest BCUT2D eigenvalue weighted by Gasteiger charge is -2.61. The van der Waals surface area contributed by atoms with E-state index in [1.807, 2.05) is 25.1 Å². The van der Waals surface area contributed by atoms with Gasteiger partial charge in [0, 0.05) is 18.1 Å². The minimum atomic E-state index is 0.326. The minimum absolute atomic E-state index is 0.326. The lowest BCUT2D eigenvalue weighted by molar-refractivity contribution is -0.157. The predicted octanol–water partition coefficient (Wildman–Crippen LogP) is 3.63. The Balaban J connectivity index is 1.77. The Labute approximate surface area is 120 Å². The maximum atomic E-state index is 9.33. The first-order valence-corrected chi connectivity index (χ1v) is 7.59. The Morgan fingerprint density at radius 3 is 2.85 bits per heavy atom. The normalized spacial score (nSPS) is 26.4. The molecule has 0 heterocycles. The van der Waals surface area contributed by atoms with Gasteiger partial charge in [-0.25, -0.2) is 0 Å². The number of hydrogen-bond donors (Lipinski definition) is 1. The van der Waals surface area contributed by atoms with Crippen LogP contribution in [0.1, 0.15) is 43.7 Å². The molecule has 0 radical (unpaired) electrons. The predicted molar refractivity (Wildman–Crippen MR) is 79.6 cm³/mol. The highest BCUT2D eigenvalue weighted by atomic mass is 16.5. The fraction of sp³-hybridized carbons (Fsp3) is 0.588. The van der Waals surface area contributed by atoms with Crippen LogP contribution in [0.3, 0.4) is 0 Å². The second kappa shape index (κ2) is 5.10. The monoisotopic (exact) mass is 270 g/mol. The largest absolute Gasteiger partial charge is 0.380 e. The van der Waals surface area contributed by atoms with Crippen molar-refractivity contribution < 1.29 is 4.74 Å². The Hall–Kier alpha value is -1.53. The Bertz CT molecular complexity index is 542. The number of nitrogens with one attached hydrogen (secondary N) is 1. The maximum absolute atomic E-state index is 9.33. The first kappa shape index (κ1) is 13.5. The number of benzene rings is 1. The zero-order valence-corrected chi connectivity index (χ0v) is 12.3. The molecule has 106 valence electrons. The minimum Gasteiger partial charge on any atom is -0.380 e. The van der Waals surface area contributed by atoms with Crippen LogP contribution < -0.4 is 5.32 Å². The molecule has 2 saturated carbocycles. The summed E-state index contributed by atoms with van der Waals surface area (Å²) < 4.78 is 5.88. The van der Waals surface area contributed by atoms with E-state index in [1.54, 1.807) is 0 Å². The van der Waals surface area contributed by atoms with Gasteiger partial charge >= 0.3 is 0 Å². The molecule has 1 N–H and O–H groups in total. The summed E-state index contributed by atoms with van der Waals surface area (Å²) >= 11 is 0. The smallest absolute Gasteiger partial charge is 0.102 e. The molecule has 1 aromatic carbocycles. The van der Waals surface area contributed by atoms with Crippen LogP contribution in [0.5, 0.6) is 0 Å². The molecule has 3 nitrogen and oxygen atoms in total. The van der Waals surface area contributed by atoms with Gasteiger partial charge in [0.2, 0.25) is 0 Å². The fourth-order valence-electron chi connectivity index (χ4n) is 3.76. The van der Waals surface area contributed by atoms with E-state index in [0.29, 0.717) is 17.6 Å². The number of ether oxygens (including phenoxy) is 1. The second-order valence-corrected chi connectivity index (χ2v) is 6.07. The van der Waals surface area contributed by atoms with E-state index in [9.17, 15) is 5.26 Å². The van der Waals surface area contributed by atoms with Gasteiger partial charge in [-0.2, -0.15) is 5.26 Å². The topological polar surface area (TPSA) is 45.0 Å². The van der Waals surface area contributed by atoms with Crippen molar-refractivity contribution in [2.24, 2.45) is 5.41 Å². The molecule has 1 aromatic rings. The first-order chi connectivity index (χ1) is 9.71. The summed E-state index contributed by atoms with van der Waals surface area (Å²) in [5, 5.41) is 12.9. The van der Waals surface area contributed by atoms with Crippen molar-refractivity contribution in [2.45, 2.75) is 51.7 Å². The van der Waals surface area contributed by atoms with Crippen LogP contribution in [-0.4, -0.2) is 18.8 Å². The van der Waals surface area contributed by atoms with Gasteiger partial charge in [-0.15, -0.1) is 0 Å². The van der Waals surface area contributed by atoms with E-state index in [2.05, 4.69) is 18.3 Å². The number of aryl methyl sites for hydroxylation is 1. The van der Waals surface area contributed by atoms with Gasteiger partial charge in [0.15, 0.2) is 0 Å². The summed E-state index contributed by atoms with van der Waals surface area (Å²) in [5.41, 5.74) is 3.13. The summed E-state index contributed by atoms with van der Waals surface area (Å²) in [6.07, 6.45) is 5.29. The highest BCUT2D eigenvalue weighted by Gasteiger charge is 2.58. The SMILES string of the molecule is CCOC1CC(Nc2cccc(C)c2C#N)C12CCC2. The van der Waals surface area contributed by atoms with Crippen molar-refractivity contribution >= 4 is 5.69 Å². The van der Waals surface area contributed by atoms with Gasteiger partial charge in [0.1, 0.15) is 6.07 Å². The average molecular weight is 270 g/mol. The van der Waals surface area contributed by atoms with Crippen molar-refractivity contribution in [2.75, 3.05) is 11.9 Å². The van der Waals surface area contributed by atoms with Gasteiger partial charge in [0.25, 0.3) is 0 Å². The van der Waals surface area contributed by atoms with Crippen LogP contribution >= 0.6 is 0 Å². The second-order valence-electron chi connectivity index (χ2n) is 6.07. The maximum Gasteiger partial charge on any atom is 0.102 e. The Morgan fingerprint density at radius 2 is 2.25 bits per heavy atom. The average Bonchev–Trinajstić information content (AvgIpc) is 2.35. The third-order valence-corrected chi connectivity index (χ3v) is 5.15. The van der Waals surface area contributed by atoms with Gasteiger partial charge in [0.05, 0.1) is 17.4 Å². The molecule has 0 bridgehead atoms.